The Bertz CT molecular complexity index is 387. The third-order valence-corrected chi connectivity index (χ3v) is 3.67. The maximum atomic E-state index is 11.6. The molecule has 1 saturated carbocycles. The lowest BCUT2D eigenvalue weighted by molar-refractivity contribution is -0.120. The second-order valence-corrected chi connectivity index (χ2v) is 5.46. The second-order valence-electron chi connectivity index (χ2n) is 4.46. The van der Waals surface area contributed by atoms with E-state index in [0.29, 0.717) is 23.9 Å². The molecule has 0 bridgehead atoms. The van der Waals surface area contributed by atoms with Gasteiger partial charge in [0.25, 0.3) is 0 Å². The Kier molecular flexibility index (Phi) is 4.30. The number of rotatable bonds is 5. The van der Waals surface area contributed by atoms with Crippen LogP contribution in [0, 0.1) is 5.92 Å². The monoisotopic (exact) mass is 271 g/mol. The lowest BCUT2D eigenvalue weighted by Crippen LogP contribution is -2.31. The molecule has 0 heterocycles. The molecular weight excluding hydrogens is 257 g/mol. The van der Waals surface area contributed by atoms with Crippen LogP contribution in [-0.4, -0.2) is 17.8 Å². The van der Waals surface area contributed by atoms with E-state index in [1.807, 2.05) is 12.1 Å². The van der Waals surface area contributed by atoms with E-state index < -0.39 is 0 Å². The second kappa shape index (κ2) is 5.74. The van der Waals surface area contributed by atoms with Crippen LogP contribution in [-0.2, 0) is 11.2 Å². The number of amides is 1. The van der Waals surface area contributed by atoms with Crippen molar-refractivity contribution >= 4 is 29.1 Å². The first-order valence-electron chi connectivity index (χ1n) is 5.80. The SMILES string of the molecule is O=C(Cc1ccc(Cl)cc1)NCC(Cl)C1CC1. The molecule has 0 radical (unpaired) electrons. The van der Waals surface area contributed by atoms with Crippen LogP contribution in [0.5, 0.6) is 0 Å². The summed E-state index contributed by atoms with van der Waals surface area (Å²) in [6, 6.07) is 7.30. The summed E-state index contributed by atoms with van der Waals surface area (Å²) in [5, 5.41) is 3.63. The average molecular weight is 272 g/mol. The zero-order valence-corrected chi connectivity index (χ0v) is 11.0. The quantitative estimate of drug-likeness (QED) is 0.820. The molecule has 1 N–H and O–H groups in total. The van der Waals surface area contributed by atoms with Gasteiger partial charge in [-0.25, -0.2) is 0 Å². The van der Waals surface area contributed by atoms with E-state index in [1.54, 1.807) is 12.1 Å². The standard InChI is InChI=1S/C13H15Cl2NO/c14-11-5-1-9(2-6-11)7-13(17)16-8-12(15)10-3-4-10/h1-2,5-6,10,12H,3-4,7-8H2,(H,16,17). The van der Waals surface area contributed by atoms with Crippen molar-refractivity contribution < 1.29 is 4.79 Å². The highest BCUT2D eigenvalue weighted by atomic mass is 35.5. The maximum absolute atomic E-state index is 11.6. The van der Waals surface area contributed by atoms with Crippen molar-refractivity contribution in [3.8, 4) is 0 Å². The van der Waals surface area contributed by atoms with Gasteiger partial charge in [-0.05, 0) is 36.5 Å². The Balaban J connectivity index is 1.74. The number of hydrogen-bond acceptors (Lipinski definition) is 1. The van der Waals surface area contributed by atoms with Crippen molar-refractivity contribution in [1.82, 2.24) is 5.32 Å². The number of halogens is 2. The van der Waals surface area contributed by atoms with Crippen LogP contribution < -0.4 is 5.32 Å². The van der Waals surface area contributed by atoms with Crippen LogP contribution >= 0.6 is 23.2 Å². The maximum Gasteiger partial charge on any atom is 0.224 e. The fourth-order valence-corrected chi connectivity index (χ4v) is 2.14. The van der Waals surface area contributed by atoms with Gasteiger partial charge < -0.3 is 5.32 Å². The van der Waals surface area contributed by atoms with Gasteiger partial charge >= 0.3 is 0 Å². The average Bonchev–Trinajstić information content (AvgIpc) is 3.13. The van der Waals surface area contributed by atoms with Crippen molar-refractivity contribution in [1.29, 1.82) is 0 Å². The highest BCUT2D eigenvalue weighted by molar-refractivity contribution is 6.30. The summed E-state index contributed by atoms with van der Waals surface area (Å²) in [5.41, 5.74) is 0.962. The van der Waals surface area contributed by atoms with Crippen molar-refractivity contribution in [3.63, 3.8) is 0 Å². The van der Waals surface area contributed by atoms with Gasteiger partial charge in [-0.2, -0.15) is 0 Å². The van der Waals surface area contributed by atoms with E-state index in [2.05, 4.69) is 5.32 Å². The fourth-order valence-electron chi connectivity index (χ4n) is 1.69. The van der Waals surface area contributed by atoms with Gasteiger partial charge in [-0.1, -0.05) is 23.7 Å². The number of nitrogens with one attached hydrogen (secondary N) is 1. The zero-order chi connectivity index (χ0) is 12.3. The summed E-state index contributed by atoms with van der Waals surface area (Å²) in [6.45, 7) is 0.568. The van der Waals surface area contributed by atoms with Gasteiger partial charge in [0.2, 0.25) is 5.91 Å². The highest BCUT2D eigenvalue weighted by Gasteiger charge is 2.29. The molecule has 92 valence electrons. The fraction of sp³-hybridized carbons (Fsp3) is 0.462. The smallest absolute Gasteiger partial charge is 0.224 e. The predicted molar refractivity (Wildman–Crippen MR) is 70.5 cm³/mol. The van der Waals surface area contributed by atoms with E-state index in [-0.39, 0.29) is 11.3 Å². The molecule has 0 saturated heterocycles. The van der Waals surface area contributed by atoms with Crippen molar-refractivity contribution in [2.75, 3.05) is 6.54 Å². The molecule has 1 aliphatic carbocycles. The van der Waals surface area contributed by atoms with E-state index in [4.69, 9.17) is 23.2 Å². The number of carbonyl (C=O) groups is 1. The Labute approximate surface area is 111 Å². The van der Waals surface area contributed by atoms with Crippen LogP contribution in [0.25, 0.3) is 0 Å². The number of benzene rings is 1. The Morgan fingerprint density at radius 1 is 1.35 bits per heavy atom. The predicted octanol–water partition coefficient (Wildman–Crippen LogP) is 3.02. The minimum absolute atomic E-state index is 0.0126. The molecule has 4 heteroatoms. The molecule has 2 nitrogen and oxygen atoms in total. The molecule has 1 unspecified atom stereocenters. The molecule has 1 atom stereocenters. The summed E-state index contributed by atoms with van der Waals surface area (Å²) in [7, 11) is 0. The molecule has 1 aliphatic rings. The Morgan fingerprint density at radius 3 is 2.59 bits per heavy atom. The molecule has 1 amide bonds. The van der Waals surface area contributed by atoms with Crippen molar-refractivity contribution in [3.05, 3.63) is 34.9 Å². The third-order valence-electron chi connectivity index (χ3n) is 2.91. The normalized spacial score (nSPS) is 16.6. The van der Waals surface area contributed by atoms with Gasteiger partial charge in [0, 0.05) is 11.6 Å². The van der Waals surface area contributed by atoms with Gasteiger partial charge in [-0.3, -0.25) is 4.79 Å². The van der Waals surface area contributed by atoms with Gasteiger partial charge in [0.05, 0.1) is 11.8 Å². The minimum atomic E-state index is 0.0126. The summed E-state index contributed by atoms with van der Waals surface area (Å²) in [4.78, 5) is 11.6. The van der Waals surface area contributed by atoms with Crippen LogP contribution in [0.4, 0.5) is 0 Å². The van der Waals surface area contributed by atoms with Crippen molar-refractivity contribution in [2.24, 2.45) is 5.92 Å². The van der Waals surface area contributed by atoms with Crippen LogP contribution in [0.1, 0.15) is 18.4 Å². The first-order valence-corrected chi connectivity index (χ1v) is 6.62. The molecule has 2 rings (SSSR count). The summed E-state index contributed by atoms with van der Waals surface area (Å²) < 4.78 is 0. The Hall–Kier alpha value is -0.730. The lowest BCUT2D eigenvalue weighted by Gasteiger charge is -2.09. The molecule has 0 spiro atoms. The molecular formula is C13H15Cl2NO. The Morgan fingerprint density at radius 2 is 2.00 bits per heavy atom. The van der Waals surface area contributed by atoms with E-state index >= 15 is 0 Å². The first-order chi connectivity index (χ1) is 8.15. The van der Waals surface area contributed by atoms with Crippen LogP contribution in [0.2, 0.25) is 5.02 Å². The van der Waals surface area contributed by atoms with E-state index in [9.17, 15) is 4.79 Å². The van der Waals surface area contributed by atoms with Gasteiger partial charge in [-0.15, -0.1) is 11.6 Å². The molecule has 0 aromatic heterocycles. The molecule has 1 aromatic rings. The molecule has 17 heavy (non-hydrogen) atoms. The summed E-state index contributed by atoms with van der Waals surface area (Å²) in [5.74, 6) is 0.617. The van der Waals surface area contributed by atoms with Gasteiger partial charge in [0.1, 0.15) is 0 Å². The van der Waals surface area contributed by atoms with Crippen LogP contribution in [0.3, 0.4) is 0 Å². The minimum Gasteiger partial charge on any atom is -0.354 e. The number of hydrogen-bond donors (Lipinski definition) is 1. The summed E-state index contributed by atoms with van der Waals surface area (Å²) >= 11 is 11.9. The number of alkyl halides is 1. The number of carbonyl (C=O) groups excluding carboxylic acids is 1. The molecule has 1 aromatic carbocycles. The molecule has 0 aliphatic heterocycles. The van der Waals surface area contributed by atoms with Crippen LogP contribution in [0.15, 0.2) is 24.3 Å². The largest absolute Gasteiger partial charge is 0.354 e. The van der Waals surface area contributed by atoms with Crippen molar-refractivity contribution in [2.45, 2.75) is 24.6 Å². The third kappa shape index (κ3) is 4.21. The molecule has 1 fully saturated rings. The van der Waals surface area contributed by atoms with E-state index in [0.717, 1.165) is 5.56 Å². The first kappa shape index (κ1) is 12.7. The zero-order valence-electron chi connectivity index (χ0n) is 9.46. The lowest BCUT2D eigenvalue weighted by atomic mass is 10.1. The summed E-state index contributed by atoms with van der Waals surface area (Å²) in [6.07, 6.45) is 2.77. The topological polar surface area (TPSA) is 29.1 Å². The highest BCUT2D eigenvalue weighted by Crippen LogP contribution is 2.35. The van der Waals surface area contributed by atoms with Gasteiger partial charge in [0.15, 0.2) is 0 Å². The van der Waals surface area contributed by atoms with E-state index in [1.165, 1.54) is 12.8 Å².